The van der Waals surface area contributed by atoms with Crippen LogP contribution < -0.4 is 5.32 Å². The van der Waals surface area contributed by atoms with E-state index in [2.05, 4.69) is 27.9 Å². The van der Waals surface area contributed by atoms with Gasteiger partial charge < -0.3 is 10.1 Å². The third kappa shape index (κ3) is 7.90. The Hall–Kier alpha value is -0.500. The fourth-order valence-corrected chi connectivity index (χ4v) is 1.77. The van der Waals surface area contributed by atoms with Crippen LogP contribution in [0.5, 0.6) is 0 Å². The van der Waals surface area contributed by atoms with Crippen LogP contribution >= 0.6 is 57.4 Å². The van der Waals surface area contributed by atoms with E-state index in [0.29, 0.717) is 5.69 Å². The van der Waals surface area contributed by atoms with Crippen molar-refractivity contribution < 1.29 is 14.3 Å². The summed E-state index contributed by atoms with van der Waals surface area (Å²) in [6, 6.07) is 7.30. The maximum atomic E-state index is 11.6. The number of esters is 1. The molecular weight excluding hydrogens is 451 g/mol. The average Bonchev–Trinajstić information content (AvgIpc) is 2.44. The molecule has 8 heteroatoms. The van der Waals surface area contributed by atoms with E-state index in [1.54, 1.807) is 12.1 Å². The van der Waals surface area contributed by atoms with Crippen LogP contribution in [0.2, 0.25) is 0 Å². The second-order valence-electron chi connectivity index (χ2n) is 3.88. The normalized spacial score (nSPS) is 9.90. The predicted molar refractivity (Wildman–Crippen MR) is 92.6 cm³/mol. The van der Waals surface area contributed by atoms with Crippen molar-refractivity contribution in [2.24, 2.45) is 0 Å². The summed E-state index contributed by atoms with van der Waals surface area (Å²) in [4.78, 5) is 23.1. The molecule has 0 bridgehead atoms. The van der Waals surface area contributed by atoms with Crippen LogP contribution in [0.1, 0.15) is 12.8 Å². The number of carbonyl (C=O) groups is 2. The SMILES string of the molecule is O=C(CCC(=O)OCC(Cl)=C(Cl)Cl)Nc1ccc(I)cc1. The molecule has 0 unspecified atom stereocenters. The molecule has 0 spiro atoms. The number of hydrogen-bond acceptors (Lipinski definition) is 3. The summed E-state index contributed by atoms with van der Waals surface area (Å²) in [5.74, 6) is -0.828. The van der Waals surface area contributed by atoms with Crippen LogP contribution in [0.4, 0.5) is 5.69 Å². The number of amides is 1. The molecule has 0 aliphatic rings. The third-order valence-electron chi connectivity index (χ3n) is 2.25. The molecule has 0 radical (unpaired) electrons. The Morgan fingerprint density at radius 2 is 1.71 bits per heavy atom. The van der Waals surface area contributed by atoms with Crippen molar-refractivity contribution in [1.82, 2.24) is 0 Å². The van der Waals surface area contributed by atoms with E-state index in [1.165, 1.54) is 0 Å². The minimum atomic E-state index is -0.555. The first-order valence-corrected chi connectivity index (χ1v) is 8.00. The molecule has 1 N–H and O–H groups in total. The molecule has 0 saturated carbocycles. The summed E-state index contributed by atoms with van der Waals surface area (Å²) < 4.78 is 5.72. The monoisotopic (exact) mass is 461 g/mol. The van der Waals surface area contributed by atoms with Crippen LogP contribution in [0.15, 0.2) is 33.8 Å². The van der Waals surface area contributed by atoms with Crippen molar-refractivity contribution in [2.45, 2.75) is 12.8 Å². The van der Waals surface area contributed by atoms with Gasteiger partial charge in [0.15, 0.2) is 0 Å². The van der Waals surface area contributed by atoms with Gasteiger partial charge in [-0.1, -0.05) is 34.8 Å². The van der Waals surface area contributed by atoms with Gasteiger partial charge in [0.2, 0.25) is 5.91 Å². The standard InChI is InChI=1S/C13H11Cl3INO3/c14-10(13(15)16)7-21-12(20)6-5-11(19)18-9-3-1-8(17)2-4-9/h1-4H,5-7H2,(H,18,19). The Bertz CT molecular complexity index is 542. The van der Waals surface area contributed by atoms with Crippen LogP contribution in [0.3, 0.4) is 0 Å². The fraction of sp³-hybridized carbons (Fsp3) is 0.231. The Kier molecular flexibility index (Phi) is 8.39. The lowest BCUT2D eigenvalue weighted by Gasteiger charge is -2.06. The first-order chi connectivity index (χ1) is 9.88. The highest BCUT2D eigenvalue weighted by molar-refractivity contribution is 14.1. The molecule has 0 aliphatic heterocycles. The topological polar surface area (TPSA) is 55.4 Å². The van der Waals surface area contributed by atoms with Crippen molar-refractivity contribution in [3.63, 3.8) is 0 Å². The molecule has 0 heterocycles. The number of nitrogens with one attached hydrogen (secondary N) is 1. The predicted octanol–water partition coefficient (Wildman–Crippen LogP) is 4.44. The van der Waals surface area contributed by atoms with Gasteiger partial charge in [-0.2, -0.15) is 0 Å². The third-order valence-corrected chi connectivity index (χ3v) is 3.92. The van der Waals surface area contributed by atoms with Crippen molar-refractivity contribution in [1.29, 1.82) is 0 Å². The molecule has 0 fully saturated rings. The Morgan fingerprint density at radius 3 is 2.29 bits per heavy atom. The quantitative estimate of drug-likeness (QED) is 0.503. The summed E-state index contributed by atoms with van der Waals surface area (Å²) in [5, 5.41) is 2.72. The molecule has 4 nitrogen and oxygen atoms in total. The van der Waals surface area contributed by atoms with Gasteiger partial charge >= 0.3 is 5.97 Å². The number of carbonyl (C=O) groups excluding carboxylic acids is 2. The first-order valence-electron chi connectivity index (χ1n) is 5.79. The van der Waals surface area contributed by atoms with E-state index in [0.717, 1.165) is 3.57 Å². The molecule has 0 atom stereocenters. The van der Waals surface area contributed by atoms with E-state index in [4.69, 9.17) is 39.5 Å². The summed E-state index contributed by atoms with van der Waals surface area (Å²) in [6.07, 6.45) is -0.0406. The lowest BCUT2D eigenvalue weighted by molar-refractivity contribution is -0.143. The lowest BCUT2D eigenvalue weighted by Crippen LogP contribution is -2.15. The van der Waals surface area contributed by atoms with Crippen molar-refractivity contribution >= 4 is 75.0 Å². The number of anilines is 1. The highest BCUT2D eigenvalue weighted by atomic mass is 127. The zero-order chi connectivity index (χ0) is 15.8. The highest BCUT2D eigenvalue weighted by Crippen LogP contribution is 2.18. The van der Waals surface area contributed by atoms with E-state index in [9.17, 15) is 9.59 Å². The lowest BCUT2D eigenvalue weighted by atomic mass is 10.2. The summed E-state index contributed by atoms with van der Waals surface area (Å²) in [6.45, 7) is -0.207. The van der Waals surface area contributed by atoms with Crippen molar-refractivity contribution in [3.05, 3.63) is 37.4 Å². The molecule has 114 valence electrons. The molecule has 1 amide bonds. The van der Waals surface area contributed by atoms with Gasteiger partial charge in [-0.05, 0) is 46.9 Å². The van der Waals surface area contributed by atoms with Gasteiger partial charge in [0.1, 0.15) is 11.1 Å². The largest absolute Gasteiger partial charge is 0.460 e. The van der Waals surface area contributed by atoms with E-state index < -0.39 is 5.97 Å². The van der Waals surface area contributed by atoms with Crippen LogP contribution in [-0.4, -0.2) is 18.5 Å². The number of ether oxygens (including phenoxy) is 1. The number of benzene rings is 1. The maximum absolute atomic E-state index is 11.6. The molecule has 1 aromatic carbocycles. The van der Waals surface area contributed by atoms with Crippen LogP contribution in [0, 0.1) is 3.57 Å². The zero-order valence-corrected chi connectivity index (χ0v) is 15.1. The minimum absolute atomic E-state index is 0.0146. The number of rotatable bonds is 6. The summed E-state index contributed by atoms with van der Waals surface area (Å²) >= 11 is 18.6. The van der Waals surface area contributed by atoms with Gasteiger partial charge in [-0.15, -0.1) is 0 Å². The molecule has 21 heavy (non-hydrogen) atoms. The smallest absolute Gasteiger partial charge is 0.306 e. The van der Waals surface area contributed by atoms with Gasteiger partial charge in [0.25, 0.3) is 0 Å². The van der Waals surface area contributed by atoms with E-state index in [1.807, 2.05) is 12.1 Å². The molecule has 1 aromatic rings. The van der Waals surface area contributed by atoms with Gasteiger partial charge in [-0.3, -0.25) is 9.59 Å². The highest BCUT2D eigenvalue weighted by Gasteiger charge is 2.10. The number of halogens is 4. The molecule has 0 aromatic heterocycles. The zero-order valence-electron chi connectivity index (χ0n) is 10.7. The van der Waals surface area contributed by atoms with Crippen LogP contribution in [0.25, 0.3) is 0 Å². The average molecular weight is 462 g/mol. The van der Waals surface area contributed by atoms with Crippen molar-refractivity contribution in [2.75, 3.05) is 11.9 Å². The summed E-state index contributed by atoms with van der Waals surface area (Å²) in [5.41, 5.74) is 0.675. The van der Waals surface area contributed by atoms with E-state index in [-0.39, 0.29) is 34.9 Å². The fourth-order valence-electron chi connectivity index (χ4n) is 1.24. The van der Waals surface area contributed by atoms with Gasteiger partial charge in [-0.25, -0.2) is 0 Å². The van der Waals surface area contributed by atoms with E-state index >= 15 is 0 Å². The Morgan fingerprint density at radius 1 is 1.10 bits per heavy atom. The second-order valence-corrected chi connectivity index (χ2v) is 6.53. The minimum Gasteiger partial charge on any atom is -0.460 e. The van der Waals surface area contributed by atoms with Crippen molar-refractivity contribution in [3.8, 4) is 0 Å². The molecular formula is C13H11Cl3INO3. The molecule has 0 aliphatic carbocycles. The molecule has 0 saturated heterocycles. The second kappa shape index (κ2) is 9.50. The van der Waals surface area contributed by atoms with Gasteiger partial charge in [0, 0.05) is 15.7 Å². The first kappa shape index (κ1) is 18.5. The number of hydrogen-bond donors (Lipinski definition) is 1. The van der Waals surface area contributed by atoms with Gasteiger partial charge in [0.05, 0.1) is 11.5 Å². The van der Waals surface area contributed by atoms with Crippen LogP contribution in [-0.2, 0) is 14.3 Å². The summed E-state index contributed by atoms with van der Waals surface area (Å²) in [7, 11) is 0. The Labute approximate surface area is 150 Å². The molecule has 1 rings (SSSR count). The maximum Gasteiger partial charge on any atom is 0.306 e. The Balaban J connectivity index is 2.31.